The van der Waals surface area contributed by atoms with Crippen LogP contribution in [0.5, 0.6) is 0 Å². The van der Waals surface area contributed by atoms with Crippen LogP contribution in [0.1, 0.15) is 11.4 Å². The second-order valence-electron chi connectivity index (χ2n) is 3.84. The Labute approximate surface area is 114 Å². The zero-order valence-corrected chi connectivity index (χ0v) is 11.4. The molecular formula is C12H11ClFN3S. The van der Waals surface area contributed by atoms with Gasteiger partial charge in [-0.05, 0) is 43.8 Å². The number of nitrogen functional groups attached to an aromatic ring is 1. The minimum atomic E-state index is -0.502. The van der Waals surface area contributed by atoms with E-state index in [1.54, 1.807) is 0 Å². The van der Waals surface area contributed by atoms with E-state index in [9.17, 15) is 4.39 Å². The van der Waals surface area contributed by atoms with E-state index in [0.29, 0.717) is 15.7 Å². The molecule has 1 heterocycles. The zero-order valence-electron chi connectivity index (χ0n) is 9.87. The van der Waals surface area contributed by atoms with Crippen molar-refractivity contribution >= 4 is 29.1 Å². The third kappa shape index (κ3) is 2.91. The van der Waals surface area contributed by atoms with Gasteiger partial charge in [-0.25, -0.2) is 14.4 Å². The first-order valence-corrected chi connectivity index (χ1v) is 6.40. The van der Waals surface area contributed by atoms with Crippen LogP contribution < -0.4 is 5.73 Å². The summed E-state index contributed by atoms with van der Waals surface area (Å²) in [4.78, 5) is 9.08. The first kappa shape index (κ1) is 13.1. The highest BCUT2D eigenvalue weighted by atomic mass is 35.5. The average Bonchev–Trinajstić information content (AvgIpc) is 2.24. The van der Waals surface area contributed by atoms with Crippen molar-refractivity contribution in [3.05, 3.63) is 40.4 Å². The SMILES string of the molecule is Cc1cc(C)nc(Sc2cc(F)c(Cl)cc2N)n1. The predicted molar refractivity (Wildman–Crippen MR) is 71.5 cm³/mol. The van der Waals surface area contributed by atoms with Gasteiger partial charge in [0.25, 0.3) is 0 Å². The summed E-state index contributed by atoms with van der Waals surface area (Å²) in [5.74, 6) is -0.502. The topological polar surface area (TPSA) is 51.8 Å². The number of nitrogens with zero attached hydrogens (tertiary/aromatic N) is 2. The minimum Gasteiger partial charge on any atom is -0.398 e. The van der Waals surface area contributed by atoms with E-state index in [-0.39, 0.29) is 5.02 Å². The quantitative estimate of drug-likeness (QED) is 0.675. The fourth-order valence-electron chi connectivity index (χ4n) is 1.47. The van der Waals surface area contributed by atoms with Gasteiger partial charge < -0.3 is 5.73 Å². The van der Waals surface area contributed by atoms with E-state index in [1.807, 2.05) is 19.9 Å². The lowest BCUT2D eigenvalue weighted by Gasteiger charge is -2.06. The maximum absolute atomic E-state index is 13.4. The summed E-state index contributed by atoms with van der Waals surface area (Å²) in [6.07, 6.45) is 0. The molecule has 0 aliphatic heterocycles. The third-order valence-electron chi connectivity index (χ3n) is 2.22. The maximum atomic E-state index is 13.4. The molecular weight excluding hydrogens is 273 g/mol. The number of anilines is 1. The number of aromatic nitrogens is 2. The first-order chi connectivity index (χ1) is 8.45. The van der Waals surface area contributed by atoms with Crippen molar-refractivity contribution in [3.8, 4) is 0 Å². The van der Waals surface area contributed by atoms with Crippen LogP contribution in [0.2, 0.25) is 5.02 Å². The summed E-state index contributed by atoms with van der Waals surface area (Å²) in [7, 11) is 0. The lowest BCUT2D eigenvalue weighted by molar-refractivity contribution is 0.625. The summed E-state index contributed by atoms with van der Waals surface area (Å²) in [5, 5.41) is 0.555. The average molecular weight is 284 g/mol. The number of rotatable bonds is 2. The fraction of sp³-hybridized carbons (Fsp3) is 0.167. The van der Waals surface area contributed by atoms with Crippen molar-refractivity contribution in [1.29, 1.82) is 0 Å². The Kier molecular flexibility index (Phi) is 3.73. The third-order valence-corrected chi connectivity index (χ3v) is 3.44. The molecule has 1 aromatic carbocycles. The number of halogens is 2. The van der Waals surface area contributed by atoms with Gasteiger partial charge in [0, 0.05) is 22.0 Å². The molecule has 94 valence electrons. The van der Waals surface area contributed by atoms with Crippen molar-refractivity contribution in [2.45, 2.75) is 23.9 Å². The normalized spacial score (nSPS) is 10.7. The smallest absolute Gasteiger partial charge is 0.192 e. The Morgan fingerprint density at radius 2 is 1.78 bits per heavy atom. The molecule has 0 amide bonds. The van der Waals surface area contributed by atoms with Crippen molar-refractivity contribution in [2.75, 3.05) is 5.73 Å². The summed E-state index contributed by atoms with van der Waals surface area (Å²) < 4.78 is 13.4. The van der Waals surface area contributed by atoms with E-state index in [0.717, 1.165) is 11.4 Å². The van der Waals surface area contributed by atoms with Gasteiger partial charge in [0.05, 0.1) is 5.02 Å². The van der Waals surface area contributed by atoms with Crippen LogP contribution in [0.15, 0.2) is 28.3 Å². The molecule has 2 aromatic rings. The zero-order chi connectivity index (χ0) is 13.3. The van der Waals surface area contributed by atoms with Crippen LogP contribution >= 0.6 is 23.4 Å². The molecule has 6 heteroatoms. The van der Waals surface area contributed by atoms with E-state index in [2.05, 4.69) is 9.97 Å². The Hall–Kier alpha value is -1.33. The number of aryl methyl sites for hydroxylation is 2. The second-order valence-corrected chi connectivity index (χ2v) is 5.26. The Bertz CT molecular complexity index is 584. The molecule has 0 fully saturated rings. The molecule has 2 N–H and O–H groups in total. The number of nitrogens with two attached hydrogens (primary N) is 1. The van der Waals surface area contributed by atoms with Gasteiger partial charge in [-0.3, -0.25) is 0 Å². The molecule has 18 heavy (non-hydrogen) atoms. The van der Waals surface area contributed by atoms with Crippen molar-refractivity contribution in [2.24, 2.45) is 0 Å². The van der Waals surface area contributed by atoms with Gasteiger partial charge in [-0.1, -0.05) is 11.6 Å². The molecule has 1 aromatic heterocycles. The molecule has 0 saturated carbocycles. The number of hydrogen-bond donors (Lipinski definition) is 1. The standard InChI is InChI=1S/C12H11ClFN3S/c1-6-3-7(2)17-12(16-6)18-11-5-9(14)8(13)4-10(11)15/h3-5H,15H2,1-2H3. The number of benzene rings is 1. The second kappa shape index (κ2) is 5.12. The highest BCUT2D eigenvalue weighted by Crippen LogP contribution is 2.33. The summed E-state index contributed by atoms with van der Waals surface area (Å²) >= 11 is 6.86. The summed E-state index contributed by atoms with van der Waals surface area (Å²) in [6.45, 7) is 3.76. The highest BCUT2D eigenvalue weighted by Gasteiger charge is 2.10. The lowest BCUT2D eigenvalue weighted by atomic mass is 10.3. The van der Waals surface area contributed by atoms with Crippen LogP contribution in [0.25, 0.3) is 0 Å². The van der Waals surface area contributed by atoms with E-state index in [1.165, 1.54) is 23.9 Å². The largest absolute Gasteiger partial charge is 0.398 e. The Morgan fingerprint density at radius 3 is 2.39 bits per heavy atom. The van der Waals surface area contributed by atoms with Crippen molar-refractivity contribution < 1.29 is 4.39 Å². The Balaban J connectivity index is 2.36. The molecule has 0 bridgehead atoms. The number of hydrogen-bond acceptors (Lipinski definition) is 4. The van der Waals surface area contributed by atoms with Crippen LogP contribution in [0.4, 0.5) is 10.1 Å². The van der Waals surface area contributed by atoms with Crippen molar-refractivity contribution in [3.63, 3.8) is 0 Å². The monoisotopic (exact) mass is 283 g/mol. The van der Waals surface area contributed by atoms with E-state index < -0.39 is 5.82 Å². The van der Waals surface area contributed by atoms with E-state index in [4.69, 9.17) is 17.3 Å². The van der Waals surface area contributed by atoms with Gasteiger partial charge in [-0.2, -0.15) is 0 Å². The molecule has 0 aliphatic carbocycles. The van der Waals surface area contributed by atoms with E-state index >= 15 is 0 Å². The van der Waals surface area contributed by atoms with Crippen LogP contribution in [0, 0.1) is 19.7 Å². The van der Waals surface area contributed by atoms with Crippen LogP contribution in [-0.4, -0.2) is 9.97 Å². The lowest BCUT2D eigenvalue weighted by Crippen LogP contribution is -1.95. The molecule has 0 unspecified atom stereocenters. The van der Waals surface area contributed by atoms with Gasteiger partial charge >= 0.3 is 0 Å². The molecule has 3 nitrogen and oxygen atoms in total. The van der Waals surface area contributed by atoms with Gasteiger partial charge in [0.1, 0.15) is 5.82 Å². The molecule has 0 aliphatic rings. The maximum Gasteiger partial charge on any atom is 0.192 e. The summed E-state index contributed by atoms with van der Waals surface area (Å²) in [5.41, 5.74) is 7.92. The van der Waals surface area contributed by atoms with Gasteiger partial charge in [0.15, 0.2) is 5.16 Å². The molecule has 0 radical (unpaired) electrons. The summed E-state index contributed by atoms with van der Waals surface area (Å²) in [6, 6.07) is 4.56. The fourth-order valence-corrected chi connectivity index (χ4v) is 2.56. The van der Waals surface area contributed by atoms with Crippen LogP contribution in [-0.2, 0) is 0 Å². The molecule has 0 atom stereocenters. The predicted octanol–water partition coefficient (Wildman–Crippen LogP) is 3.62. The van der Waals surface area contributed by atoms with Gasteiger partial charge in [0.2, 0.25) is 0 Å². The first-order valence-electron chi connectivity index (χ1n) is 5.20. The van der Waals surface area contributed by atoms with Crippen LogP contribution in [0.3, 0.4) is 0 Å². The van der Waals surface area contributed by atoms with Crippen molar-refractivity contribution in [1.82, 2.24) is 9.97 Å². The van der Waals surface area contributed by atoms with Gasteiger partial charge in [-0.15, -0.1) is 0 Å². The highest BCUT2D eigenvalue weighted by molar-refractivity contribution is 7.99. The minimum absolute atomic E-state index is 0.0122. The Morgan fingerprint density at radius 1 is 1.17 bits per heavy atom. The molecule has 0 saturated heterocycles. The molecule has 2 rings (SSSR count). The molecule has 0 spiro atoms.